The van der Waals surface area contributed by atoms with Crippen LogP contribution in [0.25, 0.3) is 16.9 Å². The van der Waals surface area contributed by atoms with Crippen LogP contribution in [-0.4, -0.2) is 65.9 Å². The van der Waals surface area contributed by atoms with E-state index in [-0.39, 0.29) is 11.6 Å². The second-order valence-electron chi connectivity index (χ2n) is 8.92. The van der Waals surface area contributed by atoms with E-state index in [9.17, 15) is 14.9 Å². The van der Waals surface area contributed by atoms with Gasteiger partial charge in [0.1, 0.15) is 17.2 Å². The lowest BCUT2D eigenvalue weighted by Gasteiger charge is -2.36. The number of nitro groups is 1. The van der Waals surface area contributed by atoms with Crippen molar-refractivity contribution in [2.24, 2.45) is 0 Å². The molecular formula is C28H26ClN5O5. The molecule has 1 fully saturated rings. The second kappa shape index (κ2) is 11.0. The molecule has 2 heterocycles. The summed E-state index contributed by atoms with van der Waals surface area (Å²) in [5.74, 6) is 1.07. The van der Waals surface area contributed by atoms with Gasteiger partial charge in [-0.1, -0.05) is 11.6 Å². The van der Waals surface area contributed by atoms with Gasteiger partial charge >= 0.3 is 0 Å². The highest BCUT2D eigenvalue weighted by Gasteiger charge is 2.27. The summed E-state index contributed by atoms with van der Waals surface area (Å²) in [5.41, 5.74) is 3.35. The molecule has 0 saturated carbocycles. The smallest absolute Gasteiger partial charge is 0.272 e. The Morgan fingerprint density at radius 2 is 1.56 bits per heavy atom. The van der Waals surface area contributed by atoms with E-state index >= 15 is 0 Å². The van der Waals surface area contributed by atoms with E-state index in [0.717, 1.165) is 11.3 Å². The van der Waals surface area contributed by atoms with Crippen molar-refractivity contribution < 1.29 is 19.2 Å². The number of rotatable bonds is 7. The Kier molecular flexibility index (Phi) is 7.38. The van der Waals surface area contributed by atoms with Gasteiger partial charge in [-0.25, -0.2) is 4.68 Å². The predicted octanol–water partition coefficient (Wildman–Crippen LogP) is 5.08. The zero-order chi connectivity index (χ0) is 27.5. The summed E-state index contributed by atoms with van der Waals surface area (Å²) in [6.07, 6.45) is 0. The number of benzene rings is 3. The van der Waals surface area contributed by atoms with Gasteiger partial charge in [0.05, 0.1) is 30.5 Å². The SMILES string of the molecule is COc1ccc(-c2cc(C(=O)N3CCN(c4ccc([N+](=O)[O-])cc4)CC3)n(-c3ccc(Cl)cc3)n2)c(OC)c1. The average Bonchev–Trinajstić information content (AvgIpc) is 3.42. The maximum atomic E-state index is 13.8. The third-order valence-corrected chi connectivity index (χ3v) is 6.93. The van der Waals surface area contributed by atoms with Crippen molar-refractivity contribution in [1.82, 2.24) is 14.7 Å². The fourth-order valence-electron chi connectivity index (χ4n) is 4.57. The highest BCUT2D eigenvalue weighted by Crippen LogP contribution is 2.34. The van der Waals surface area contributed by atoms with Crippen LogP contribution in [0.2, 0.25) is 5.02 Å². The monoisotopic (exact) mass is 547 g/mol. The third kappa shape index (κ3) is 5.37. The van der Waals surface area contributed by atoms with Gasteiger partial charge in [0.25, 0.3) is 11.6 Å². The van der Waals surface area contributed by atoms with Crippen molar-refractivity contribution in [3.63, 3.8) is 0 Å². The van der Waals surface area contributed by atoms with Crippen LogP contribution in [-0.2, 0) is 0 Å². The van der Waals surface area contributed by atoms with Gasteiger partial charge < -0.3 is 19.3 Å². The van der Waals surface area contributed by atoms with Crippen molar-refractivity contribution in [2.75, 3.05) is 45.3 Å². The van der Waals surface area contributed by atoms with E-state index in [1.165, 1.54) is 12.1 Å². The minimum Gasteiger partial charge on any atom is -0.497 e. The Balaban J connectivity index is 1.43. The Morgan fingerprint density at radius 1 is 0.897 bits per heavy atom. The summed E-state index contributed by atoms with van der Waals surface area (Å²) in [6, 6.07) is 20.8. The van der Waals surface area contributed by atoms with Crippen molar-refractivity contribution in [1.29, 1.82) is 0 Å². The molecule has 5 rings (SSSR count). The summed E-state index contributed by atoms with van der Waals surface area (Å²) in [4.78, 5) is 28.3. The Hall–Kier alpha value is -4.57. The molecule has 1 amide bonds. The van der Waals surface area contributed by atoms with Gasteiger partial charge in [0.2, 0.25) is 0 Å². The van der Waals surface area contributed by atoms with Gasteiger partial charge in [0, 0.05) is 60.7 Å². The maximum absolute atomic E-state index is 13.8. The molecule has 3 aromatic carbocycles. The van der Waals surface area contributed by atoms with Gasteiger partial charge in [-0.3, -0.25) is 14.9 Å². The lowest BCUT2D eigenvalue weighted by atomic mass is 10.1. The molecule has 0 spiro atoms. The van der Waals surface area contributed by atoms with Crippen molar-refractivity contribution >= 4 is 28.9 Å². The van der Waals surface area contributed by atoms with E-state index in [0.29, 0.717) is 59.8 Å². The molecule has 11 heteroatoms. The molecule has 0 N–H and O–H groups in total. The molecule has 1 aliphatic heterocycles. The van der Waals surface area contributed by atoms with Gasteiger partial charge in [-0.2, -0.15) is 5.10 Å². The molecule has 200 valence electrons. The van der Waals surface area contributed by atoms with E-state index in [1.807, 2.05) is 24.3 Å². The molecule has 1 saturated heterocycles. The number of anilines is 1. The quantitative estimate of drug-likeness (QED) is 0.235. The van der Waals surface area contributed by atoms with Crippen molar-refractivity contribution in [3.8, 4) is 28.4 Å². The number of hydrogen-bond acceptors (Lipinski definition) is 7. The van der Waals surface area contributed by atoms with E-state index in [4.69, 9.17) is 26.2 Å². The highest BCUT2D eigenvalue weighted by molar-refractivity contribution is 6.30. The van der Waals surface area contributed by atoms with Crippen LogP contribution in [0.4, 0.5) is 11.4 Å². The fourth-order valence-corrected chi connectivity index (χ4v) is 4.70. The summed E-state index contributed by atoms with van der Waals surface area (Å²) in [6.45, 7) is 2.17. The van der Waals surface area contributed by atoms with Crippen LogP contribution < -0.4 is 14.4 Å². The van der Waals surface area contributed by atoms with E-state index < -0.39 is 4.92 Å². The second-order valence-corrected chi connectivity index (χ2v) is 9.36. The fraction of sp³-hybridized carbons (Fsp3) is 0.214. The number of amides is 1. The lowest BCUT2D eigenvalue weighted by molar-refractivity contribution is -0.384. The van der Waals surface area contributed by atoms with Crippen LogP contribution >= 0.6 is 11.6 Å². The summed E-state index contributed by atoms with van der Waals surface area (Å²) >= 11 is 6.11. The first kappa shape index (κ1) is 26.1. The largest absolute Gasteiger partial charge is 0.497 e. The van der Waals surface area contributed by atoms with Crippen LogP contribution in [0.15, 0.2) is 72.8 Å². The minimum absolute atomic E-state index is 0.0484. The molecular weight excluding hydrogens is 522 g/mol. The number of halogens is 1. The molecule has 0 unspecified atom stereocenters. The number of methoxy groups -OCH3 is 2. The minimum atomic E-state index is -0.417. The summed E-state index contributed by atoms with van der Waals surface area (Å²) in [5, 5.41) is 16.3. The molecule has 0 bridgehead atoms. The van der Waals surface area contributed by atoms with Crippen LogP contribution in [0.3, 0.4) is 0 Å². The number of aromatic nitrogens is 2. The molecule has 1 aromatic heterocycles. The number of non-ortho nitro benzene ring substituents is 1. The van der Waals surface area contributed by atoms with Crippen molar-refractivity contribution in [2.45, 2.75) is 0 Å². The molecule has 10 nitrogen and oxygen atoms in total. The Labute approximate surface area is 230 Å². The molecule has 39 heavy (non-hydrogen) atoms. The van der Waals surface area contributed by atoms with Crippen LogP contribution in [0.1, 0.15) is 10.5 Å². The zero-order valence-electron chi connectivity index (χ0n) is 21.4. The number of hydrogen-bond donors (Lipinski definition) is 0. The van der Waals surface area contributed by atoms with Gasteiger partial charge in [0.15, 0.2) is 0 Å². The first-order valence-electron chi connectivity index (χ1n) is 12.2. The third-order valence-electron chi connectivity index (χ3n) is 6.68. The number of nitro benzene ring substituents is 1. The lowest BCUT2D eigenvalue weighted by Crippen LogP contribution is -2.49. The van der Waals surface area contributed by atoms with Crippen LogP contribution in [0, 0.1) is 10.1 Å². The van der Waals surface area contributed by atoms with E-state index in [2.05, 4.69) is 4.90 Å². The molecule has 0 aliphatic carbocycles. The van der Waals surface area contributed by atoms with Crippen LogP contribution in [0.5, 0.6) is 11.5 Å². The first-order valence-corrected chi connectivity index (χ1v) is 12.6. The van der Waals surface area contributed by atoms with E-state index in [1.54, 1.807) is 60.2 Å². The summed E-state index contributed by atoms with van der Waals surface area (Å²) < 4.78 is 12.5. The average molecular weight is 548 g/mol. The number of piperazine rings is 1. The molecule has 0 atom stereocenters. The standard InChI is InChI=1S/C28H26ClN5O5/c1-38-23-11-12-24(27(17-23)39-2)25-18-26(33(30-25)21-5-3-19(29)4-6-21)28(35)32-15-13-31(14-16-32)20-7-9-22(10-8-20)34(36)37/h3-12,17-18H,13-16H2,1-2H3. The molecule has 0 radical (unpaired) electrons. The van der Waals surface area contributed by atoms with Crippen molar-refractivity contribution in [3.05, 3.63) is 93.6 Å². The highest BCUT2D eigenvalue weighted by atomic mass is 35.5. The predicted molar refractivity (Wildman–Crippen MR) is 148 cm³/mol. The number of carbonyl (C=O) groups is 1. The number of nitrogens with zero attached hydrogens (tertiary/aromatic N) is 5. The maximum Gasteiger partial charge on any atom is 0.272 e. The zero-order valence-corrected chi connectivity index (χ0v) is 22.2. The van der Waals surface area contributed by atoms with Gasteiger partial charge in [-0.05, 0) is 54.6 Å². The number of carbonyl (C=O) groups excluding carboxylic acids is 1. The number of ether oxygens (including phenoxy) is 2. The normalized spacial score (nSPS) is 13.3. The van der Waals surface area contributed by atoms with Gasteiger partial charge in [-0.15, -0.1) is 0 Å². The first-order chi connectivity index (χ1) is 18.9. The Bertz CT molecular complexity index is 1500. The molecule has 1 aliphatic rings. The Morgan fingerprint density at radius 3 is 2.18 bits per heavy atom. The topological polar surface area (TPSA) is 103 Å². The summed E-state index contributed by atoms with van der Waals surface area (Å²) in [7, 11) is 3.16. The molecule has 4 aromatic rings.